The second-order valence-electron chi connectivity index (χ2n) is 4.65. The van der Waals surface area contributed by atoms with Gasteiger partial charge in [-0.3, -0.25) is 4.79 Å². The van der Waals surface area contributed by atoms with Crippen molar-refractivity contribution in [1.29, 1.82) is 5.26 Å². The van der Waals surface area contributed by atoms with E-state index in [0.717, 1.165) is 5.56 Å². The van der Waals surface area contributed by atoms with Gasteiger partial charge in [0.1, 0.15) is 6.10 Å². The number of amides is 1. The number of carbonyl (C=O) groups is 1. The van der Waals surface area contributed by atoms with Crippen molar-refractivity contribution in [2.75, 3.05) is 13.7 Å². The highest BCUT2D eigenvalue weighted by molar-refractivity contribution is 6.31. The molecule has 0 unspecified atom stereocenters. The van der Waals surface area contributed by atoms with Crippen molar-refractivity contribution < 1.29 is 9.53 Å². The second-order valence-corrected chi connectivity index (χ2v) is 5.06. The molecule has 0 spiro atoms. The van der Waals surface area contributed by atoms with Crippen LogP contribution < -0.4 is 5.32 Å². The maximum Gasteiger partial charge on any atom is 0.251 e. The summed E-state index contributed by atoms with van der Waals surface area (Å²) in [7, 11) is 1.57. The highest BCUT2D eigenvalue weighted by Crippen LogP contribution is 2.24. The summed E-state index contributed by atoms with van der Waals surface area (Å²) in [4.78, 5) is 12.1. The van der Waals surface area contributed by atoms with E-state index in [4.69, 9.17) is 21.6 Å². The summed E-state index contributed by atoms with van der Waals surface area (Å²) >= 11 is 6.14. The normalized spacial score (nSPS) is 11.5. The van der Waals surface area contributed by atoms with Crippen LogP contribution in [0.2, 0.25) is 5.02 Å². The fourth-order valence-corrected chi connectivity index (χ4v) is 2.33. The highest BCUT2D eigenvalue weighted by Gasteiger charge is 2.15. The van der Waals surface area contributed by atoms with E-state index in [-0.39, 0.29) is 18.6 Å². The number of carbonyl (C=O) groups excluding carboxylic acids is 1. The molecule has 22 heavy (non-hydrogen) atoms. The number of nitriles is 1. The summed E-state index contributed by atoms with van der Waals surface area (Å²) in [6.07, 6.45) is -0.336. The fraction of sp³-hybridized carbons (Fsp3) is 0.176. The van der Waals surface area contributed by atoms with Crippen molar-refractivity contribution >= 4 is 17.5 Å². The van der Waals surface area contributed by atoms with Crippen LogP contribution in [0.1, 0.15) is 27.6 Å². The maximum atomic E-state index is 12.1. The Hall–Kier alpha value is -2.35. The first-order chi connectivity index (χ1) is 10.7. The van der Waals surface area contributed by atoms with Crippen LogP contribution in [0.5, 0.6) is 0 Å². The average Bonchev–Trinajstić information content (AvgIpc) is 2.56. The molecule has 0 radical (unpaired) electrons. The Labute approximate surface area is 134 Å². The third-order valence-electron chi connectivity index (χ3n) is 3.24. The summed E-state index contributed by atoms with van der Waals surface area (Å²) in [5, 5.41) is 12.3. The van der Waals surface area contributed by atoms with Gasteiger partial charge < -0.3 is 10.1 Å². The number of rotatable bonds is 5. The Balaban J connectivity index is 2.06. The first-order valence-electron chi connectivity index (χ1n) is 6.71. The second kappa shape index (κ2) is 7.60. The van der Waals surface area contributed by atoms with Crippen molar-refractivity contribution in [2.24, 2.45) is 0 Å². The van der Waals surface area contributed by atoms with Gasteiger partial charge in [-0.25, -0.2) is 0 Å². The smallest absolute Gasteiger partial charge is 0.251 e. The number of ether oxygens (including phenoxy) is 1. The Morgan fingerprint density at radius 1 is 1.32 bits per heavy atom. The van der Waals surface area contributed by atoms with Crippen LogP contribution in [0, 0.1) is 11.3 Å². The minimum Gasteiger partial charge on any atom is -0.375 e. The molecule has 1 N–H and O–H groups in total. The van der Waals surface area contributed by atoms with Crippen molar-refractivity contribution in [3.8, 4) is 6.07 Å². The lowest BCUT2D eigenvalue weighted by Gasteiger charge is -2.17. The van der Waals surface area contributed by atoms with E-state index in [2.05, 4.69) is 5.32 Å². The molecule has 0 saturated carbocycles. The molecule has 0 aliphatic rings. The van der Waals surface area contributed by atoms with Gasteiger partial charge >= 0.3 is 0 Å². The monoisotopic (exact) mass is 314 g/mol. The van der Waals surface area contributed by atoms with E-state index in [0.29, 0.717) is 16.1 Å². The number of benzene rings is 2. The van der Waals surface area contributed by atoms with Crippen LogP contribution in [-0.4, -0.2) is 19.6 Å². The average molecular weight is 315 g/mol. The van der Waals surface area contributed by atoms with E-state index < -0.39 is 0 Å². The first-order valence-corrected chi connectivity index (χ1v) is 7.09. The largest absolute Gasteiger partial charge is 0.375 e. The van der Waals surface area contributed by atoms with Gasteiger partial charge in [-0.15, -0.1) is 0 Å². The molecular weight excluding hydrogens is 300 g/mol. The molecule has 0 aliphatic carbocycles. The van der Waals surface area contributed by atoms with Crippen molar-refractivity contribution in [3.63, 3.8) is 0 Å². The third kappa shape index (κ3) is 3.85. The topological polar surface area (TPSA) is 62.1 Å². The summed E-state index contributed by atoms with van der Waals surface area (Å²) in [6.45, 7) is 0.288. The zero-order chi connectivity index (χ0) is 15.9. The third-order valence-corrected chi connectivity index (χ3v) is 3.58. The van der Waals surface area contributed by atoms with Crippen molar-refractivity contribution in [3.05, 3.63) is 70.2 Å². The molecule has 0 aromatic heterocycles. The first kappa shape index (κ1) is 16.0. The summed E-state index contributed by atoms with van der Waals surface area (Å²) in [6, 6.07) is 15.9. The van der Waals surface area contributed by atoms with Crippen LogP contribution in [-0.2, 0) is 4.74 Å². The quantitative estimate of drug-likeness (QED) is 0.920. The summed E-state index contributed by atoms with van der Waals surface area (Å²) in [5.74, 6) is -0.258. The van der Waals surface area contributed by atoms with Gasteiger partial charge in [0.05, 0.1) is 11.6 Å². The van der Waals surface area contributed by atoms with Gasteiger partial charge in [-0.2, -0.15) is 5.26 Å². The Bertz CT molecular complexity index is 710. The molecule has 0 aliphatic heterocycles. The molecule has 2 rings (SSSR count). The minimum absolute atomic E-state index is 0.258. The Kier molecular flexibility index (Phi) is 5.54. The highest BCUT2D eigenvalue weighted by atomic mass is 35.5. The molecule has 1 atom stereocenters. The van der Waals surface area contributed by atoms with Crippen LogP contribution in [0.25, 0.3) is 0 Å². The van der Waals surface area contributed by atoms with E-state index >= 15 is 0 Å². The molecule has 2 aromatic rings. The minimum atomic E-state index is -0.336. The number of nitrogens with zero attached hydrogens (tertiary/aromatic N) is 1. The Morgan fingerprint density at radius 3 is 2.77 bits per heavy atom. The van der Waals surface area contributed by atoms with E-state index in [1.807, 2.05) is 24.3 Å². The van der Waals surface area contributed by atoms with E-state index in [9.17, 15) is 4.79 Å². The molecular formula is C17H15ClN2O2. The molecule has 0 fully saturated rings. The fourth-order valence-electron chi connectivity index (χ4n) is 2.07. The lowest BCUT2D eigenvalue weighted by Crippen LogP contribution is -2.29. The molecule has 0 heterocycles. The molecule has 1 amide bonds. The maximum absolute atomic E-state index is 12.1. The van der Waals surface area contributed by atoms with Crippen molar-refractivity contribution in [1.82, 2.24) is 5.32 Å². The summed E-state index contributed by atoms with van der Waals surface area (Å²) < 4.78 is 5.40. The number of hydrogen-bond donors (Lipinski definition) is 1. The van der Waals surface area contributed by atoms with Gasteiger partial charge in [-0.1, -0.05) is 35.9 Å². The molecule has 112 valence electrons. The van der Waals surface area contributed by atoms with Crippen LogP contribution in [0.4, 0.5) is 0 Å². The molecule has 5 heteroatoms. The van der Waals surface area contributed by atoms with Gasteiger partial charge in [0, 0.05) is 29.8 Å². The number of halogens is 1. The van der Waals surface area contributed by atoms with Gasteiger partial charge in [0.25, 0.3) is 5.91 Å². The summed E-state index contributed by atoms with van der Waals surface area (Å²) in [5.41, 5.74) is 1.70. The lowest BCUT2D eigenvalue weighted by atomic mass is 10.1. The molecule has 0 bridgehead atoms. The number of nitrogens with one attached hydrogen (secondary N) is 1. The SMILES string of the molecule is CO[C@@H](CNC(=O)c1cccc(C#N)c1)c1ccccc1Cl. The zero-order valence-electron chi connectivity index (χ0n) is 12.0. The van der Waals surface area contributed by atoms with Crippen LogP contribution >= 0.6 is 11.6 Å². The molecule has 2 aromatic carbocycles. The van der Waals surface area contributed by atoms with Crippen LogP contribution in [0.3, 0.4) is 0 Å². The number of methoxy groups -OCH3 is 1. The predicted octanol–water partition coefficient (Wildman–Crippen LogP) is 3.33. The van der Waals surface area contributed by atoms with Gasteiger partial charge in [-0.05, 0) is 24.3 Å². The number of hydrogen-bond acceptors (Lipinski definition) is 3. The van der Waals surface area contributed by atoms with E-state index in [1.165, 1.54) is 0 Å². The Morgan fingerprint density at radius 2 is 2.09 bits per heavy atom. The van der Waals surface area contributed by atoms with Crippen molar-refractivity contribution in [2.45, 2.75) is 6.10 Å². The molecule has 4 nitrogen and oxygen atoms in total. The molecule has 0 saturated heterocycles. The van der Waals surface area contributed by atoms with Gasteiger partial charge in [0.15, 0.2) is 0 Å². The predicted molar refractivity (Wildman–Crippen MR) is 84.7 cm³/mol. The lowest BCUT2D eigenvalue weighted by molar-refractivity contribution is 0.0828. The van der Waals surface area contributed by atoms with Crippen LogP contribution in [0.15, 0.2) is 48.5 Å². The van der Waals surface area contributed by atoms with E-state index in [1.54, 1.807) is 37.4 Å². The van der Waals surface area contributed by atoms with Gasteiger partial charge in [0.2, 0.25) is 0 Å². The zero-order valence-corrected chi connectivity index (χ0v) is 12.8. The standard InChI is InChI=1S/C17H15ClN2O2/c1-22-16(14-7-2-3-8-15(14)18)11-20-17(21)13-6-4-5-12(9-13)10-19/h2-9,16H,11H2,1H3,(H,20,21)/t16-/m0/s1.